The van der Waals surface area contributed by atoms with E-state index in [9.17, 15) is 0 Å². The molecule has 116 valence electrons. The average molecular weight is 397 g/mol. The summed E-state index contributed by atoms with van der Waals surface area (Å²) in [5.41, 5.74) is 8.37. The van der Waals surface area contributed by atoms with Crippen LogP contribution >= 0.6 is 23.1 Å². The van der Waals surface area contributed by atoms with E-state index in [4.69, 9.17) is 5.73 Å². The van der Waals surface area contributed by atoms with Gasteiger partial charge in [-0.3, -0.25) is 0 Å². The molecule has 0 fully saturated rings. The van der Waals surface area contributed by atoms with Crippen LogP contribution in [0.25, 0.3) is 10.2 Å². The van der Waals surface area contributed by atoms with Gasteiger partial charge in [0, 0.05) is 0 Å². The second-order valence-electron chi connectivity index (χ2n) is 5.97. The number of anilines is 3. The summed E-state index contributed by atoms with van der Waals surface area (Å²) in [6, 6.07) is 4.29. The second kappa shape index (κ2) is 5.89. The number of aromatic nitrogens is 2. The number of thiophene rings is 1. The van der Waals surface area contributed by atoms with Crippen molar-refractivity contribution >= 4 is 63.9 Å². The third-order valence-electron chi connectivity index (χ3n) is 3.24. The van der Waals surface area contributed by atoms with Crippen molar-refractivity contribution in [2.24, 2.45) is 0 Å². The van der Waals surface area contributed by atoms with Crippen LogP contribution in [0.15, 0.2) is 22.7 Å². The summed E-state index contributed by atoms with van der Waals surface area (Å²) in [4.78, 5) is 8.75. The van der Waals surface area contributed by atoms with Gasteiger partial charge in [0.25, 0.3) is 0 Å². The van der Waals surface area contributed by atoms with Gasteiger partial charge in [-0.15, -0.1) is 0 Å². The molecule has 0 amide bonds. The molecule has 0 bridgehead atoms. The number of fused-ring (bicyclic) bond motifs is 1. The van der Waals surface area contributed by atoms with Crippen LogP contribution in [-0.2, 0) is 5.41 Å². The Morgan fingerprint density at radius 2 is 2.05 bits per heavy atom. The first-order chi connectivity index (χ1) is 10.4. The minimum absolute atomic E-state index is 0.157. The van der Waals surface area contributed by atoms with Crippen LogP contribution in [0, 0.1) is 0 Å². The quantitative estimate of drug-likeness (QED) is 0.515. The molecule has 0 aliphatic heterocycles. The summed E-state index contributed by atoms with van der Waals surface area (Å²) in [5, 5.41) is 3.42. The van der Waals surface area contributed by atoms with Crippen molar-refractivity contribution in [1.29, 1.82) is 0 Å². The van der Waals surface area contributed by atoms with E-state index in [1.54, 1.807) is 29.4 Å². The van der Waals surface area contributed by atoms with Gasteiger partial charge in [0.2, 0.25) is 0 Å². The Kier molecular flexibility index (Phi) is 4.25. The van der Waals surface area contributed by atoms with Crippen molar-refractivity contribution in [2.45, 2.75) is 30.4 Å². The van der Waals surface area contributed by atoms with E-state index in [1.165, 1.54) is 8.65 Å². The maximum absolute atomic E-state index is 6.24. The molecule has 3 N–H and O–H groups in total. The predicted octanol–water partition coefficient (Wildman–Crippen LogP) is 4.09. The molecule has 3 aromatic heterocycles. The van der Waals surface area contributed by atoms with Gasteiger partial charge < -0.3 is 0 Å². The zero-order valence-corrected chi connectivity index (χ0v) is 16.3. The van der Waals surface area contributed by atoms with E-state index in [2.05, 4.69) is 54.4 Å². The molecular formula is C15H18N4S2Se. The summed E-state index contributed by atoms with van der Waals surface area (Å²) in [6.45, 7) is 6.68. The van der Waals surface area contributed by atoms with Crippen molar-refractivity contribution < 1.29 is 0 Å². The van der Waals surface area contributed by atoms with Gasteiger partial charge in [0.1, 0.15) is 0 Å². The Labute approximate surface area is 144 Å². The van der Waals surface area contributed by atoms with Crippen LogP contribution in [-0.4, -0.2) is 30.7 Å². The molecule has 0 saturated carbocycles. The summed E-state index contributed by atoms with van der Waals surface area (Å²) in [7, 11) is 0. The minimum atomic E-state index is 0.157. The fraction of sp³-hybridized carbons (Fsp3) is 0.333. The third kappa shape index (κ3) is 3.04. The van der Waals surface area contributed by atoms with Crippen molar-refractivity contribution in [3.05, 3.63) is 22.9 Å². The Bertz CT molecular complexity index is 817. The molecule has 4 nitrogen and oxygen atoms in total. The fourth-order valence-corrected chi connectivity index (χ4v) is 5.60. The van der Waals surface area contributed by atoms with Crippen LogP contribution in [0.4, 0.5) is 16.1 Å². The van der Waals surface area contributed by atoms with Crippen LogP contribution in [0.2, 0.25) is 0 Å². The number of rotatable bonds is 3. The van der Waals surface area contributed by atoms with Gasteiger partial charge in [-0.1, -0.05) is 0 Å². The van der Waals surface area contributed by atoms with Gasteiger partial charge >= 0.3 is 144 Å². The second-order valence-corrected chi connectivity index (χ2v) is 10.4. The van der Waals surface area contributed by atoms with Crippen LogP contribution in [0.1, 0.15) is 25.2 Å². The zero-order chi connectivity index (χ0) is 15.9. The first-order valence-electron chi connectivity index (χ1n) is 6.84. The number of thioether (sulfide) groups is 1. The summed E-state index contributed by atoms with van der Waals surface area (Å²) < 4.78 is 4.66. The van der Waals surface area contributed by atoms with E-state index in [1.807, 2.05) is 0 Å². The zero-order valence-electron chi connectivity index (χ0n) is 12.9. The Morgan fingerprint density at radius 1 is 1.27 bits per heavy atom. The molecule has 3 aromatic rings. The van der Waals surface area contributed by atoms with E-state index in [0.29, 0.717) is 0 Å². The van der Waals surface area contributed by atoms with Crippen molar-refractivity contribution in [3.8, 4) is 0 Å². The molecule has 3 heterocycles. The Morgan fingerprint density at radius 3 is 2.68 bits per heavy atom. The molecule has 7 heteroatoms. The first-order valence-corrected chi connectivity index (χ1v) is 10.6. The summed E-state index contributed by atoms with van der Waals surface area (Å²) >= 11 is 3.65. The Balaban J connectivity index is 2.00. The topological polar surface area (TPSA) is 63.8 Å². The predicted molar refractivity (Wildman–Crippen MR) is 99.0 cm³/mol. The molecule has 0 radical (unpaired) electrons. The monoisotopic (exact) mass is 398 g/mol. The molecular weight excluding hydrogens is 379 g/mol. The number of nitrogens with zero attached hydrogens (tertiary/aromatic N) is 2. The average Bonchev–Trinajstić information content (AvgIpc) is 3.03. The molecule has 0 saturated heterocycles. The van der Waals surface area contributed by atoms with E-state index >= 15 is 0 Å². The molecule has 0 aromatic carbocycles. The number of hydrogen-bond acceptors (Lipinski definition) is 6. The number of nitrogens with two attached hydrogens (primary N) is 1. The first kappa shape index (κ1) is 15.9. The van der Waals surface area contributed by atoms with Gasteiger partial charge in [-0.2, -0.15) is 0 Å². The van der Waals surface area contributed by atoms with E-state index in [-0.39, 0.29) is 19.9 Å². The fourth-order valence-electron chi connectivity index (χ4n) is 2.02. The van der Waals surface area contributed by atoms with Gasteiger partial charge in [0.15, 0.2) is 0 Å². The van der Waals surface area contributed by atoms with Crippen molar-refractivity contribution in [2.75, 3.05) is 17.3 Å². The number of nitrogens with one attached hydrogen (secondary N) is 1. The SMILES string of the molecule is CSc1cc2ncnc(Nc3cc(C(C)(C)C)[se]c3N)c2s1. The standard InChI is InChI=1S/C15H18N4S2Se/c1-15(2,3)10-5-9(13(16)22-10)19-14-12-8(17-7-18-14)6-11(20-4)21-12/h5-7H,16H2,1-4H3,(H,17,18,19). The Hall–Kier alpha value is -1.01. The van der Waals surface area contributed by atoms with Gasteiger partial charge in [-0.25, -0.2) is 0 Å². The molecule has 0 aliphatic carbocycles. The summed E-state index contributed by atoms with van der Waals surface area (Å²) in [5.74, 6) is 0.843. The van der Waals surface area contributed by atoms with E-state index in [0.717, 1.165) is 26.3 Å². The molecule has 0 unspecified atom stereocenters. The van der Waals surface area contributed by atoms with Crippen LogP contribution in [0.5, 0.6) is 0 Å². The van der Waals surface area contributed by atoms with E-state index < -0.39 is 0 Å². The molecule has 0 spiro atoms. The number of nitrogen functional groups attached to an aromatic ring is 1. The summed E-state index contributed by atoms with van der Waals surface area (Å²) in [6.07, 6.45) is 3.68. The van der Waals surface area contributed by atoms with Gasteiger partial charge in [0.05, 0.1) is 0 Å². The maximum atomic E-state index is 6.24. The molecule has 22 heavy (non-hydrogen) atoms. The molecule has 0 atom stereocenters. The van der Waals surface area contributed by atoms with Gasteiger partial charge in [-0.05, 0) is 0 Å². The van der Waals surface area contributed by atoms with Crippen LogP contribution in [0.3, 0.4) is 0 Å². The number of hydrogen-bond donors (Lipinski definition) is 2. The normalized spacial score (nSPS) is 12.0. The third-order valence-corrected chi connectivity index (χ3v) is 8.35. The van der Waals surface area contributed by atoms with Crippen molar-refractivity contribution in [1.82, 2.24) is 9.97 Å². The van der Waals surface area contributed by atoms with Crippen LogP contribution < -0.4 is 11.1 Å². The van der Waals surface area contributed by atoms with Crippen molar-refractivity contribution in [3.63, 3.8) is 0 Å². The molecule has 0 aliphatic rings. The molecule has 3 rings (SSSR count).